The molecule has 0 unspecified atom stereocenters. The Morgan fingerprint density at radius 2 is 2.25 bits per heavy atom. The number of hydrogen-bond donors (Lipinski definition) is 1. The molecule has 0 atom stereocenters. The van der Waals surface area contributed by atoms with Crippen LogP contribution in [0.25, 0.3) is 5.69 Å². The van der Waals surface area contributed by atoms with Gasteiger partial charge in [-0.3, -0.25) is 4.57 Å². The molecule has 2 rings (SSSR count). The van der Waals surface area contributed by atoms with E-state index < -0.39 is 0 Å². The Kier molecular flexibility index (Phi) is 5.14. The van der Waals surface area contributed by atoms with Crippen molar-refractivity contribution in [1.29, 1.82) is 0 Å². The van der Waals surface area contributed by atoms with E-state index in [1.54, 1.807) is 23.8 Å². The number of nitrogens with one attached hydrogen (secondary N) is 1. The van der Waals surface area contributed by atoms with Crippen LogP contribution in [-0.2, 0) is 4.74 Å². The first-order valence-electron chi connectivity index (χ1n) is 6.36. The average molecular weight is 342 g/mol. The van der Waals surface area contributed by atoms with Crippen LogP contribution in [0.5, 0.6) is 0 Å². The third-order valence-electron chi connectivity index (χ3n) is 2.80. The Morgan fingerprint density at radius 3 is 3.00 bits per heavy atom. The van der Waals surface area contributed by atoms with Crippen LogP contribution in [-0.4, -0.2) is 29.8 Å². The Labute approximate surface area is 126 Å². The zero-order valence-electron chi connectivity index (χ0n) is 11.5. The van der Waals surface area contributed by atoms with Gasteiger partial charge in [0.05, 0.1) is 11.4 Å². The van der Waals surface area contributed by atoms with Crippen molar-refractivity contribution in [2.45, 2.75) is 13.3 Å². The van der Waals surface area contributed by atoms with Gasteiger partial charge in [-0.1, -0.05) is 15.9 Å². The van der Waals surface area contributed by atoms with E-state index in [1.165, 1.54) is 6.07 Å². The van der Waals surface area contributed by atoms with Gasteiger partial charge in [0.1, 0.15) is 5.82 Å². The highest BCUT2D eigenvalue weighted by atomic mass is 79.9. The predicted octanol–water partition coefficient (Wildman–Crippen LogP) is 3.53. The lowest BCUT2D eigenvalue weighted by Gasteiger charge is -2.10. The van der Waals surface area contributed by atoms with Crippen molar-refractivity contribution in [3.05, 3.63) is 40.4 Å². The third kappa shape index (κ3) is 3.58. The van der Waals surface area contributed by atoms with E-state index in [9.17, 15) is 4.39 Å². The lowest BCUT2D eigenvalue weighted by atomic mass is 10.3. The van der Waals surface area contributed by atoms with Crippen LogP contribution in [0.2, 0.25) is 0 Å². The van der Waals surface area contributed by atoms with E-state index in [2.05, 4.69) is 26.2 Å². The smallest absolute Gasteiger partial charge is 0.207 e. The van der Waals surface area contributed by atoms with E-state index in [0.29, 0.717) is 18.2 Å². The minimum atomic E-state index is -0.287. The number of benzene rings is 1. The number of ether oxygens (including phenoxy) is 1. The summed E-state index contributed by atoms with van der Waals surface area (Å²) in [6, 6.07) is 4.84. The van der Waals surface area contributed by atoms with Gasteiger partial charge in [0.15, 0.2) is 0 Å². The number of imidazole rings is 1. The quantitative estimate of drug-likeness (QED) is 0.817. The van der Waals surface area contributed by atoms with Crippen LogP contribution in [0.1, 0.15) is 12.1 Å². The van der Waals surface area contributed by atoms with Gasteiger partial charge >= 0.3 is 0 Å². The first-order chi connectivity index (χ1) is 9.61. The molecule has 0 saturated heterocycles. The SMILES string of the molecule is COCCCNc1nc(C)cn1-c1cc(Br)ccc1F. The van der Waals surface area contributed by atoms with Gasteiger partial charge in [-0.25, -0.2) is 9.37 Å². The predicted molar refractivity (Wildman–Crippen MR) is 80.9 cm³/mol. The molecule has 108 valence electrons. The monoisotopic (exact) mass is 341 g/mol. The van der Waals surface area contributed by atoms with E-state index in [-0.39, 0.29) is 5.82 Å². The highest BCUT2D eigenvalue weighted by Gasteiger charge is 2.11. The topological polar surface area (TPSA) is 39.1 Å². The van der Waals surface area contributed by atoms with Crippen LogP contribution < -0.4 is 5.32 Å². The van der Waals surface area contributed by atoms with Gasteiger partial charge < -0.3 is 10.1 Å². The summed E-state index contributed by atoms with van der Waals surface area (Å²) in [7, 11) is 1.67. The van der Waals surface area contributed by atoms with Crippen LogP contribution >= 0.6 is 15.9 Å². The average Bonchev–Trinajstić information content (AvgIpc) is 2.78. The molecule has 4 nitrogen and oxygen atoms in total. The Balaban J connectivity index is 2.25. The zero-order chi connectivity index (χ0) is 14.5. The summed E-state index contributed by atoms with van der Waals surface area (Å²) < 4.78 is 21.5. The van der Waals surface area contributed by atoms with Gasteiger partial charge in [-0.15, -0.1) is 0 Å². The number of methoxy groups -OCH3 is 1. The molecule has 1 N–H and O–H groups in total. The first-order valence-corrected chi connectivity index (χ1v) is 7.15. The van der Waals surface area contributed by atoms with Crippen molar-refractivity contribution in [1.82, 2.24) is 9.55 Å². The van der Waals surface area contributed by atoms with E-state index in [0.717, 1.165) is 23.1 Å². The molecule has 2 aromatic rings. The second-order valence-electron chi connectivity index (χ2n) is 4.44. The molecule has 0 fully saturated rings. The maximum Gasteiger partial charge on any atom is 0.207 e. The highest BCUT2D eigenvalue weighted by Crippen LogP contribution is 2.23. The zero-order valence-corrected chi connectivity index (χ0v) is 13.1. The van der Waals surface area contributed by atoms with Crippen molar-refractivity contribution in [3.63, 3.8) is 0 Å². The maximum absolute atomic E-state index is 14.0. The fraction of sp³-hybridized carbons (Fsp3) is 0.357. The second-order valence-corrected chi connectivity index (χ2v) is 5.36. The number of nitrogens with zero attached hydrogens (tertiary/aromatic N) is 2. The lowest BCUT2D eigenvalue weighted by molar-refractivity contribution is 0.197. The van der Waals surface area contributed by atoms with Gasteiger partial charge in [0.2, 0.25) is 5.95 Å². The number of rotatable bonds is 6. The summed E-state index contributed by atoms with van der Waals surface area (Å²) >= 11 is 3.36. The first kappa shape index (κ1) is 15.0. The number of anilines is 1. The fourth-order valence-corrected chi connectivity index (χ4v) is 2.24. The molecular weight excluding hydrogens is 325 g/mol. The number of halogens is 2. The Hall–Kier alpha value is -1.40. The molecular formula is C14H17BrFN3O. The summed E-state index contributed by atoms with van der Waals surface area (Å²) in [6.07, 6.45) is 2.67. The van der Waals surface area contributed by atoms with Gasteiger partial charge in [0, 0.05) is 30.9 Å². The molecule has 6 heteroatoms. The second kappa shape index (κ2) is 6.85. The van der Waals surface area contributed by atoms with Gasteiger partial charge in [-0.05, 0) is 31.5 Å². The Morgan fingerprint density at radius 1 is 1.45 bits per heavy atom. The summed E-state index contributed by atoms with van der Waals surface area (Å²) in [5.74, 6) is 0.348. The molecule has 1 aromatic heterocycles. The van der Waals surface area contributed by atoms with Crippen LogP contribution in [0, 0.1) is 12.7 Å². The molecule has 0 spiro atoms. The van der Waals surface area contributed by atoms with Crippen LogP contribution in [0.15, 0.2) is 28.9 Å². The molecule has 1 heterocycles. The summed E-state index contributed by atoms with van der Waals surface area (Å²) in [5, 5.41) is 3.20. The summed E-state index contributed by atoms with van der Waals surface area (Å²) in [5.41, 5.74) is 1.30. The molecule has 0 saturated carbocycles. The van der Waals surface area contributed by atoms with Crippen LogP contribution in [0.4, 0.5) is 10.3 Å². The lowest BCUT2D eigenvalue weighted by Crippen LogP contribution is -2.10. The molecule has 0 aliphatic heterocycles. The minimum absolute atomic E-state index is 0.287. The van der Waals surface area contributed by atoms with Crippen molar-refractivity contribution >= 4 is 21.9 Å². The number of hydrogen-bond acceptors (Lipinski definition) is 3. The summed E-state index contributed by atoms with van der Waals surface area (Å²) in [6.45, 7) is 3.28. The fourth-order valence-electron chi connectivity index (χ4n) is 1.89. The number of aryl methyl sites for hydroxylation is 1. The molecule has 1 aromatic carbocycles. The van der Waals surface area contributed by atoms with Crippen LogP contribution in [0.3, 0.4) is 0 Å². The highest BCUT2D eigenvalue weighted by molar-refractivity contribution is 9.10. The minimum Gasteiger partial charge on any atom is -0.385 e. The van der Waals surface area contributed by atoms with Crippen molar-refractivity contribution < 1.29 is 9.13 Å². The molecule has 0 aliphatic rings. The van der Waals surface area contributed by atoms with Gasteiger partial charge in [-0.2, -0.15) is 0 Å². The molecule has 20 heavy (non-hydrogen) atoms. The van der Waals surface area contributed by atoms with Gasteiger partial charge in [0.25, 0.3) is 0 Å². The Bertz CT molecular complexity index is 586. The summed E-state index contributed by atoms with van der Waals surface area (Å²) in [4.78, 5) is 4.38. The maximum atomic E-state index is 14.0. The van der Waals surface area contributed by atoms with Crippen molar-refractivity contribution in [2.75, 3.05) is 25.6 Å². The van der Waals surface area contributed by atoms with E-state index in [4.69, 9.17) is 4.74 Å². The van der Waals surface area contributed by atoms with E-state index in [1.807, 2.05) is 13.1 Å². The molecule has 0 radical (unpaired) electrons. The third-order valence-corrected chi connectivity index (χ3v) is 3.30. The number of aromatic nitrogens is 2. The van der Waals surface area contributed by atoms with E-state index >= 15 is 0 Å². The molecule has 0 amide bonds. The molecule has 0 bridgehead atoms. The normalized spacial score (nSPS) is 10.8. The van der Waals surface area contributed by atoms with Crippen molar-refractivity contribution in [2.24, 2.45) is 0 Å². The standard InChI is InChI=1S/C14H17BrFN3O/c1-10-9-19(13-8-11(15)4-5-12(13)16)14(18-10)17-6-3-7-20-2/h4-5,8-9H,3,6-7H2,1-2H3,(H,17,18). The molecule has 0 aliphatic carbocycles. The van der Waals surface area contributed by atoms with Crippen molar-refractivity contribution in [3.8, 4) is 5.69 Å². The largest absolute Gasteiger partial charge is 0.385 e.